The Morgan fingerprint density at radius 1 is 1.22 bits per heavy atom. The van der Waals surface area contributed by atoms with E-state index in [1.54, 1.807) is 0 Å². The second kappa shape index (κ2) is 2.97. The molecule has 50 valence electrons. The van der Waals surface area contributed by atoms with Crippen molar-refractivity contribution in [2.24, 2.45) is 0 Å². The largest absolute Gasteiger partial charge is 0.752 e. The second-order valence-electron chi connectivity index (χ2n) is 1.01. The van der Waals surface area contributed by atoms with Crippen LogP contribution < -0.4 is 0 Å². The minimum Gasteiger partial charge on any atom is -0.0617 e. The summed E-state index contributed by atoms with van der Waals surface area (Å²) in [4.78, 5) is 0. The molecule has 1 heterocycles. The van der Waals surface area contributed by atoms with Gasteiger partial charge in [-0.1, -0.05) is 20.6 Å². The first-order valence-electron chi connectivity index (χ1n) is 1.79. The molecule has 0 radical (unpaired) electrons. The van der Waals surface area contributed by atoms with Crippen molar-refractivity contribution in [2.75, 3.05) is 0 Å². The maximum Gasteiger partial charge on any atom is 0.752 e. The number of rotatable bonds is 0. The molecule has 0 aromatic rings. The number of alkyl halides is 1. The first-order chi connectivity index (χ1) is 4.18. The molecule has 1 rings (SSSR count). The summed E-state index contributed by atoms with van der Waals surface area (Å²) >= 11 is 5.11. The topological polar surface area (TPSA) is 61.8 Å². The van der Waals surface area contributed by atoms with E-state index in [0.29, 0.717) is 0 Å². The minimum atomic E-state index is -2.36. The quantitative estimate of drug-likeness (QED) is 0.431. The molecular weight excluding hydrogens is 189 g/mol. The lowest BCUT2D eigenvalue weighted by atomic mass is 11.5. The van der Waals surface area contributed by atoms with Gasteiger partial charge >= 0.3 is 22.3 Å². The molecule has 5 nitrogen and oxygen atoms in total. The summed E-state index contributed by atoms with van der Waals surface area (Å²) < 4.78 is 32.9. The lowest BCUT2D eigenvalue weighted by molar-refractivity contribution is 0.0498. The Morgan fingerprint density at radius 2 is 1.67 bits per heavy atom. The lowest BCUT2D eigenvalue weighted by Gasteiger charge is -1.91. The summed E-state index contributed by atoms with van der Waals surface area (Å²) in [6.45, 7) is 0. The average Bonchev–Trinajstić information content (AvgIpc) is 1.59. The smallest absolute Gasteiger partial charge is 0.0617 e. The zero-order valence-electron chi connectivity index (χ0n) is 3.89. The molecule has 0 aromatic heterocycles. The molecular formula is CHClO5P2+2. The van der Waals surface area contributed by atoms with Gasteiger partial charge in [-0.15, -0.1) is 0 Å². The summed E-state index contributed by atoms with van der Waals surface area (Å²) in [5.41, 5.74) is 0. The summed E-state index contributed by atoms with van der Waals surface area (Å²) in [5, 5.41) is 0. The number of hydrogen-bond donors (Lipinski definition) is 0. The van der Waals surface area contributed by atoms with Crippen molar-refractivity contribution < 1.29 is 22.5 Å². The van der Waals surface area contributed by atoms with Crippen molar-refractivity contribution in [1.29, 1.82) is 0 Å². The van der Waals surface area contributed by atoms with Gasteiger partial charge in [0.2, 0.25) is 0 Å². The average molecular weight is 190 g/mol. The molecule has 1 saturated heterocycles. The van der Waals surface area contributed by atoms with E-state index >= 15 is 0 Å². The molecule has 0 spiro atoms. The fourth-order valence-electron chi connectivity index (χ4n) is 0.248. The van der Waals surface area contributed by atoms with Crippen LogP contribution in [0.3, 0.4) is 0 Å². The van der Waals surface area contributed by atoms with Crippen molar-refractivity contribution in [3.8, 4) is 0 Å². The Balaban J connectivity index is 2.53. The van der Waals surface area contributed by atoms with E-state index in [0.717, 1.165) is 0 Å². The summed E-state index contributed by atoms with van der Waals surface area (Å²) in [6, 6.07) is 0. The third kappa shape index (κ3) is 2.22. The Hall–Kier alpha value is 0.370. The van der Waals surface area contributed by atoms with Crippen LogP contribution in [0.25, 0.3) is 0 Å². The summed E-state index contributed by atoms with van der Waals surface area (Å²) in [6.07, 6.45) is 0. The van der Waals surface area contributed by atoms with Crippen LogP contribution >= 0.6 is 28.1 Å². The van der Waals surface area contributed by atoms with Gasteiger partial charge in [-0.2, -0.15) is 0 Å². The van der Waals surface area contributed by atoms with E-state index in [9.17, 15) is 9.13 Å². The van der Waals surface area contributed by atoms with Gasteiger partial charge in [0.15, 0.2) is 4.31 Å². The molecule has 1 aliphatic heterocycles. The van der Waals surface area contributed by atoms with Crippen LogP contribution in [0.5, 0.6) is 0 Å². The highest BCUT2D eigenvalue weighted by Gasteiger charge is 2.51. The highest BCUT2D eigenvalue weighted by Crippen LogP contribution is 2.47. The Kier molecular flexibility index (Phi) is 2.47. The molecule has 0 N–H and O–H groups in total. The van der Waals surface area contributed by atoms with Gasteiger partial charge in [0.1, 0.15) is 0 Å². The monoisotopic (exact) mass is 190 g/mol. The predicted molar refractivity (Wildman–Crippen MR) is 28.1 cm³/mol. The van der Waals surface area contributed by atoms with Crippen LogP contribution in [0.2, 0.25) is 0 Å². The molecule has 1 aliphatic rings. The van der Waals surface area contributed by atoms with Crippen molar-refractivity contribution in [3.05, 3.63) is 0 Å². The first-order valence-corrected chi connectivity index (χ1v) is 4.41. The number of hydrogen-bond acceptors (Lipinski definition) is 5. The molecule has 2 unspecified atom stereocenters. The third-order valence-corrected chi connectivity index (χ3v) is 2.69. The van der Waals surface area contributed by atoms with Crippen LogP contribution in [0.4, 0.5) is 0 Å². The Bertz CT molecular complexity index is 141. The zero-order chi connectivity index (χ0) is 6.85. The summed E-state index contributed by atoms with van der Waals surface area (Å²) in [5.74, 6) is -1.23. The molecule has 2 atom stereocenters. The van der Waals surface area contributed by atoms with Crippen LogP contribution in [0.15, 0.2) is 0 Å². The van der Waals surface area contributed by atoms with Crippen molar-refractivity contribution in [1.82, 2.24) is 0 Å². The molecule has 0 aromatic carbocycles. The van der Waals surface area contributed by atoms with Crippen molar-refractivity contribution in [2.45, 2.75) is 5.75 Å². The fourth-order valence-corrected chi connectivity index (χ4v) is 1.81. The van der Waals surface area contributed by atoms with E-state index in [4.69, 9.17) is 11.6 Å². The number of halogens is 1. The van der Waals surface area contributed by atoms with E-state index in [2.05, 4.69) is 13.4 Å². The molecule has 0 amide bonds. The standard InChI is InChI=1S/CHClO5P2/c2-1-5-8(3)7-9(4)6-1/h1H/q+2. The molecule has 0 saturated carbocycles. The fraction of sp³-hybridized carbons (Fsp3) is 1.00. The van der Waals surface area contributed by atoms with E-state index in [1.807, 2.05) is 0 Å². The van der Waals surface area contributed by atoms with Gasteiger partial charge in [-0.3, -0.25) is 0 Å². The second-order valence-corrected chi connectivity index (χ2v) is 3.34. The highest BCUT2D eigenvalue weighted by atomic mass is 35.5. The predicted octanol–water partition coefficient (Wildman–Crippen LogP) is 1.89. The third-order valence-electron chi connectivity index (χ3n) is 0.471. The lowest BCUT2D eigenvalue weighted by Crippen LogP contribution is -2.04. The van der Waals surface area contributed by atoms with Crippen LogP contribution in [-0.4, -0.2) is 5.75 Å². The maximum atomic E-state index is 10.2. The first kappa shape index (κ1) is 7.48. The molecule has 0 aliphatic carbocycles. The Labute approximate surface area is 57.1 Å². The zero-order valence-corrected chi connectivity index (χ0v) is 6.44. The van der Waals surface area contributed by atoms with Crippen molar-refractivity contribution >= 4 is 28.1 Å². The molecule has 9 heavy (non-hydrogen) atoms. The van der Waals surface area contributed by atoms with Gasteiger partial charge in [-0.25, -0.2) is 0 Å². The SMILES string of the molecule is O=[P+]1OC(Cl)O[P+](=O)O1. The van der Waals surface area contributed by atoms with Gasteiger partial charge < -0.3 is 0 Å². The van der Waals surface area contributed by atoms with E-state index < -0.39 is 22.3 Å². The van der Waals surface area contributed by atoms with Crippen LogP contribution in [-0.2, 0) is 22.5 Å². The van der Waals surface area contributed by atoms with Gasteiger partial charge in [-0.05, 0) is 0 Å². The van der Waals surface area contributed by atoms with Gasteiger partial charge in [0.05, 0.1) is 0 Å². The maximum absolute atomic E-state index is 10.2. The summed E-state index contributed by atoms with van der Waals surface area (Å²) in [7, 11) is -4.72. The normalized spacial score (nSPS) is 36.8. The highest BCUT2D eigenvalue weighted by molar-refractivity contribution is 7.48. The van der Waals surface area contributed by atoms with E-state index in [1.165, 1.54) is 0 Å². The minimum absolute atomic E-state index is 1.23. The van der Waals surface area contributed by atoms with Crippen LogP contribution in [0.1, 0.15) is 0 Å². The molecule has 1 fully saturated rings. The van der Waals surface area contributed by atoms with E-state index in [-0.39, 0.29) is 0 Å². The van der Waals surface area contributed by atoms with Crippen molar-refractivity contribution in [3.63, 3.8) is 0 Å². The van der Waals surface area contributed by atoms with Gasteiger partial charge in [0.25, 0.3) is 0 Å². The molecule has 8 heteroatoms. The van der Waals surface area contributed by atoms with Crippen LogP contribution in [0, 0.1) is 0 Å². The van der Waals surface area contributed by atoms with Gasteiger partial charge in [0, 0.05) is 9.13 Å². The Morgan fingerprint density at radius 3 is 2.00 bits per heavy atom. The molecule has 0 bridgehead atoms.